The molecule has 74 valence electrons. The summed E-state index contributed by atoms with van der Waals surface area (Å²) < 4.78 is 0. The molecule has 1 atom stereocenters. The number of aromatic nitrogens is 1. The molecule has 1 aromatic rings. The van der Waals surface area contributed by atoms with Gasteiger partial charge in [0.2, 0.25) is 0 Å². The van der Waals surface area contributed by atoms with Gasteiger partial charge in [0.15, 0.2) is 5.13 Å². The van der Waals surface area contributed by atoms with E-state index in [1.165, 1.54) is 0 Å². The average Bonchev–Trinajstić information content (AvgIpc) is 2.57. The summed E-state index contributed by atoms with van der Waals surface area (Å²) in [6.07, 6.45) is 3.83. The summed E-state index contributed by atoms with van der Waals surface area (Å²) in [5.74, 6) is 0.683. The molecule has 0 aliphatic heterocycles. The van der Waals surface area contributed by atoms with Crippen LogP contribution in [0.25, 0.3) is 0 Å². The fourth-order valence-corrected chi connectivity index (χ4v) is 2.17. The van der Waals surface area contributed by atoms with E-state index in [0.717, 1.165) is 18.0 Å². The van der Waals surface area contributed by atoms with E-state index < -0.39 is 0 Å². The van der Waals surface area contributed by atoms with Crippen molar-refractivity contribution >= 4 is 28.1 Å². The smallest absolute Gasteiger partial charge is 0.183 e. The second-order valence-electron chi connectivity index (χ2n) is 3.32. The molecule has 0 bridgehead atoms. The third kappa shape index (κ3) is 3.16. The molecule has 0 saturated carbocycles. The van der Waals surface area contributed by atoms with Gasteiger partial charge in [0.25, 0.3) is 0 Å². The van der Waals surface area contributed by atoms with E-state index in [9.17, 15) is 0 Å². The molecule has 2 nitrogen and oxygen atoms in total. The van der Waals surface area contributed by atoms with Gasteiger partial charge in [0, 0.05) is 23.0 Å². The Morgan fingerprint density at radius 2 is 2.46 bits per heavy atom. The quantitative estimate of drug-likeness (QED) is 0.767. The van der Waals surface area contributed by atoms with Gasteiger partial charge in [-0.15, -0.1) is 22.9 Å². The number of hydrogen-bond donors (Lipinski definition) is 1. The Bertz CT molecular complexity index is 238. The monoisotopic (exact) mass is 218 g/mol. The Morgan fingerprint density at radius 3 is 2.92 bits per heavy atom. The van der Waals surface area contributed by atoms with Gasteiger partial charge in [-0.25, -0.2) is 4.98 Å². The van der Waals surface area contributed by atoms with Crippen LogP contribution in [-0.2, 0) is 0 Å². The van der Waals surface area contributed by atoms with Crippen molar-refractivity contribution in [1.82, 2.24) is 4.98 Å². The van der Waals surface area contributed by atoms with Crippen LogP contribution in [0.2, 0.25) is 0 Å². The molecule has 4 heteroatoms. The van der Waals surface area contributed by atoms with Crippen molar-refractivity contribution in [2.24, 2.45) is 0 Å². The van der Waals surface area contributed by atoms with E-state index in [1.807, 2.05) is 11.6 Å². The number of nitrogens with one attached hydrogen (secondary N) is 1. The van der Waals surface area contributed by atoms with E-state index in [-0.39, 0.29) is 5.54 Å². The van der Waals surface area contributed by atoms with E-state index in [2.05, 4.69) is 24.1 Å². The topological polar surface area (TPSA) is 24.9 Å². The fraction of sp³-hybridized carbons (Fsp3) is 0.667. The zero-order valence-corrected chi connectivity index (χ0v) is 9.58. The molecule has 0 aliphatic rings. The summed E-state index contributed by atoms with van der Waals surface area (Å²) in [5.41, 5.74) is 0.0829. The van der Waals surface area contributed by atoms with Gasteiger partial charge in [-0.2, -0.15) is 0 Å². The number of anilines is 1. The lowest BCUT2D eigenvalue weighted by Gasteiger charge is -2.28. The molecular formula is C9H15ClN2S. The van der Waals surface area contributed by atoms with Crippen LogP contribution in [0.3, 0.4) is 0 Å². The Kier molecular flexibility index (Phi) is 4.00. The first-order chi connectivity index (χ1) is 6.20. The number of halogens is 1. The van der Waals surface area contributed by atoms with Gasteiger partial charge in [-0.05, 0) is 19.8 Å². The highest BCUT2D eigenvalue weighted by molar-refractivity contribution is 7.13. The fourth-order valence-electron chi connectivity index (χ4n) is 1.08. The molecule has 0 aliphatic carbocycles. The summed E-state index contributed by atoms with van der Waals surface area (Å²) in [4.78, 5) is 4.20. The lowest BCUT2D eigenvalue weighted by Crippen LogP contribution is -2.34. The van der Waals surface area contributed by atoms with E-state index >= 15 is 0 Å². The SMILES string of the molecule is CCC(C)(CCCl)Nc1nccs1. The van der Waals surface area contributed by atoms with Crippen LogP contribution in [0, 0.1) is 0 Å². The Labute approximate surface area is 88.3 Å². The van der Waals surface area contributed by atoms with Gasteiger partial charge in [0.1, 0.15) is 0 Å². The van der Waals surface area contributed by atoms with Crippen molar-refractivity contribution < 1.29 is 0 Å². The molecule has 0 aromatic carbocycles. The third-order valence-corrected chi connectivity index (χ3v) is 3.15. The predicted octanol–water partition coefficient (Wildman–Crippen LogP) is 3.35. The Hall–Kier alpha value is -0.280. The van der Waals surface area contributed by atoms with Crippen molar-refractivity contribution in [3.8, 4) is 0 Å². The number of nitrogens with zero attached hydrogens (tertiary/aromatic N) is 1. The summed E-state index contributed by atoms with van der Waals surface area (Å²) in [6, 6.07) is 0. The van der Waals surface area contributed by atoms with E-state index in [1.54, 1.807) is 11.3 Å². The highest BCUT2D eigenvalue weighted by atomic mass is 35.5. The van der Waals surface area contributed by atoms with Crippen LogP contribution < -0.4 is 5.32 Å². The first-order valence-corrected chi connectivity index (χ1v) is 5.85. The predicted molar refractivity (Wildman–Crippen MR) is 59.8 cm³/mol. The normalized spacial score (nSPS) is 15.3. The molecule has 1 heterocycles. The van der Waals surface area contributed by atoms with Crippen LogP contribution >= 0.6 is 22.9 Å². The zero-order valence-electron chi connectivity index (χ0n) is 8.01. The molecule has 1 aromatic heterocycles. The van der Waals surface area contributed by atoms with Crippen LogP contribution in [0.1, 0.15) is 26.7 Å². The lowest BCUT2D eigenvalue weighted by atomic mass is 9.96. The van der Waals surface area contributed by atoms with Crippen LogP contribution in [0.15, 0.2) is 11.6 Å². The maximum Gasteiger partial charge on any atom is 0.183 e. The first kappa shape index (κ1) is 10.8. The third-order valence-electron chi connectivity index (χ3n) is 2.27. The summed E-state index contributed by atoms with van der Waals surface area (Å²) in [6.45, 7) is 4.34. The maximum absolute atomic E-state index is 5.75. The van der Waals surface area contributed by atoms with Crippen LogP contribution in [-0.4, -0.2) is 16.4 Å². The van der Waals surface area contributed by atoms with Crippen molar-refractivity contribution in [2.45, 2.75) is 32.2 Å². The van der Waals surface area contributed by atoms with Gasteiger partial charge >= 0.3 is 0 Å². The molecular weight excluding hydrogens is 204 g/mol. The zero-order chi connectivity index (χ0) is 9.73. The van der Waals surface area contributed by atoms with E-state index in [4.69, 9.17) is 11.6 Å². The number of alkyl halides is 1. The molecule has 1 unspecified atom stereocenters. The lowest BCUT2D eigenvalue weighted by molar-refractivity contribution is 0.481. The van der Waals surface area contributed by atoms with Crippen LogP contribution in [0.4, 0.5) is 5.13 Å². The molecule has 0 spiro atoms. The number of thiazole rings is 1. The molecule has 0 fully saturated rings. The standard InChI is InChI=1S/C9H15ClN2S/c1-3-9(2,4-5-10)12-8-11-6-7-13-8/h6-7H,3-5H2,1-2H3,(H,11,12). The van der Waals surface area contributed by atoms with Crippen LogP contribution in [0.5, 0.6) is 0 Å². The molecule has 1 N–H and O–H groups in total. The molecule has 13 heavy (non-hydrogen) atoms. The second-order valence-corrected chi connectivity index (χ2v) is 4.59. The average molecular weight is 219 g/mol. The highest BCUT2D eigenvalue weighted by Crippen LogP contribution is 2.23. The number of hydrogen-bond acceptors (Lipinski definition) is 3. The molecule has 0 amide bonds. The minimum Gasteiger partial charge on any atom is -0.356 e. The van der Waals surface area contributed by atoms with Crippen molar-refractivity contribution in [3.63, 3.8) is 0 Å². The van der Waals surface area contributed by atoms with E-state index in [0.29, 0.717) is 5.88 Å². The van der Waals surface area contributed by atoms with Crippen molar-refractivity contribution in [1.29, 1.82) is 0 Å². The summed E-state index contributed by atoms with van der Waals surface area (Å²) in [7, 11) is 0. The first-order valence-electron chi connectivity index (χ1n) is 4.44. The molecule has 0 saturated heterocycles. The van der Waals surface area contributed by atoms with Crippen molar-refractivity contribution in [2.75, 3.05) is 11.2 Å². The minimum atomic E-state index is 0.0829. The van der Waals surface area contributed by atoms with Gasteiger partial charge in [0.05, 0.1) is 0 Å². The summed E-state index contributed by atoms with van der Waals surface area (Å²) >= 11 is 7.37. The second kappa shape index (κ2) is 4.82. The number of rotatable bonds is 5. The Morgan fingerprint density at radius 1 is 1.69 bits per heavy atom. The summed E-state index contributed by atoms with van der Waals surface area (Å²) in [5, 5.41) is 6.36. The minimum absolute atomic E-state index is 0.0829. The Balaban J connectivity index is 2.58. The van der Waals surface area contributed by atoms with Crippen molar-refractivity contribution in [3.05, 3.63) is 11.6 Å². The largest absolute Gasteiger partial charge is 0.356 e. The van der Waals surface area contributed by atoms with Gasteiger partial charge in [-0.3, -0.25) is 0 Å². The highest BCUT2D eigenvalue weighted by Gasteiger charge is 2.21. The molecule has 0 radical (unpaired) electrons. The van der Waals surface area contributed by atoms with Gasteiger partial charge < -0.3 is 5.32 Å². The maximum atomic E-state index is 5.75. The molecule has 1 rings (SSSR count). The van der Waals surface area contributed by atoms with Gasteiger partial charge in [-0.1, -0.05) is 6.92 Å².